The maximum Gasteiger partial charge on any atom is 0.253 e. The van der Waals surface area contributed by atoms with E-state index in [-0.39, 0.29) is 5.56 Å². The normalized spacial score (nSPS) is 12.4. The van der Waals surface area contributed by atoms with Crippen molar-refractivity contribution < 1.29 is 14.2 Å². The third-order valence-corrected chi connectivity index (χ3v) is 7.48. The molecule has 43 heavy (non-hydrogen) atoms. The molecule has 0 fully saturated rings. The second-order valence-electron chi connectivity index (χ2n) is 11.4. The lowest BCUT2D eigenvalue weighted by Crippen LogP contribution is -2.38. The lowest BCUT2D eigenvalue weighted by Gasteiger charge is -2.33. The number of rotatable bonds is 11. The average Bonchev–Trinajstić information content (AvgIpc) is 3.50. The lowest BCUT2D eigenvalue weighted by atomic mass is 10.00. The number of ether oxygens (including phenoxy) is 3. The highest BCUT2D eigenvalue weighted by atomic mass is 16.5. The Morgan fingerprint density at radius 1 is 0.884 bits per heavy atom. The predicted molar refractivity (Wildman–Crippen MR) is 166 cm³/mol. The molecule has 0 saturated carbocycles. The van der Waals surface area contributed by atoms with E-state index in [9.17, 15) is 4.79 Å². The van der Waals surface area contributed by atoms with E-state index in [4.69, 9.17) is 14.2 Å². The van der Waals surface area contributed by atoms with E-state index >= 15 is 0 Å². The number of hydrogen-bond donors (Lipinski definition) is 1. The van der Waals surface area contributed by atoms with Gasteiger partial charge in [0.1, 0.15) is 11.8 Å². The van der Waals surface area contributed by atoms with Gasteiger partial charge in [-0.25, -0.2) is 4.68 Å². The number of aromatic amines is 1. The van der Waals surface area contributed by atoms with Gasteiger partial charge in [0, 0.05) is 24.7 Å². The summed E-state index contributed by atoms with van der Waals surface area (Å²) in [6.45, 7) is 7.31. The minimum Gasteiger partial charge on any atom is -0.497 e. The molecule has 2 aromatic heterocycles. The number of nitrogens with zero attached hydrogens (tertiary/aromatic N) is 5. The van der Waals surface area contributed by atoms with E-state index in [0.717, 1.165) is 16.5 Å². The van der Waals surface area contributed by atoms with Gasteiger partial charge in [0.2, 0.25) is 0 Å². The van der Waals surface area contributed by atoms with Crippen molar-refractivity contribution in [2.24, 2.45) is 0 Å². The van der Waals surface area contributed by atoms with Crippen molar-refractivity contribution >= 4 is 10.9 Å². The standard InChI is InChI=1S/C33H38N6O4/c1-33(2,3)39-31(35-36-37-39)30(26-19-24-13-14-25(41-4)20-27(24)34-32(26)40)38(21-23-10-8-7-9-11-23)17-16-22-12-15-28(42-5)29(18-22)43-6/h7-15,18-20,30H,16-17,21H2,1-6H3,(H,34,40). The molecule has 0 radical (unpaired) electrons. The second-order valence-corrected chi connectivity index (χ2v) is 11.4. The van der Waals surface area contributed by atoms with Gasteiger partial charge in [-0.05, 0) is 84.5 Å². The van der Waals surface area contributed by atoms with Gasteiger partial charge < -0.3 is 19.2 Å². The van der Waals surface area contributed by atoms with Crippen molar-refractivity contribution in [3.05, 3.63) is 106 Å². The first kappa shape index (κ1) is 29.8. The summed E-state index contributed by atoms with van der Waals surface area (Å²) in [7, 11) is 4.86. The monoisotopic (exact) mass is 582 g/mol. The summed E-state index contributed by atoms with van der Waals surface area (Å²) in [6.07, 6.45) is 0.684. The summed E-state index contributed by atoms with van der Waals surface area (Å²) >= 11 is 0. The zero-order valence-electron chi connectivity index (χ0n) is 25.5. The SMILES string of the molecule is COc1ccc2cc(C(c3nnnn3C(C)(C)C)N(CCc3ccc(OC)c(OC)c3)Cc3ccccc3)c(=O)[nH]c2c1. The Balaban J connectivity index is 1.65. The molecule has 0 aliphatic carbocycles. The Bertz CT molecular complexity index is 1740. The molecule has 1 unspecified atom stereocenters. The summed E-state index contributed by atoms with van der Waals surface area (Å²) in [5.41, 5.74) is 2.80. The molecule has 1 atom stereocenters. The van der Waals surface area contributed by atoms with Crippen molar-refractivity contribution in [1.82, 2.24) is 30.1 Å². The molecule has 0 aliphatic rings. The molecule has 2 heterocycles. The van der Waals surface area contributed by atoms with E-state index < -0.39 is 11.6 Å². The quantitative estimate of drug-likeness (QED) is 0.228. The molecular weight excluding hydrogens is 544 g/mol. The number of H-pyrrole nitrogens is 1. The van der Waals surface area contributed by atoms with Crippen LogP contribution >= 0.6 is 0 Å². The van der Waals surface area contributed by atoms with Crippen molar-refractivity contribution in [3.8, 4) is 17.2 Å². The van der Waals surface area contributed by atoms with E-state index in [2.05, 4.69) is 37.5 Å². The fourth-order valence-electron chi connectivity index (χ4n) is 5.29. The minimum atomic E-state index is -0.551. The predicted octanol–water partition coefficient (Wildman–Crippen LogP) is 5.13. The number of methoxy groups -OCH3 is 3. The van der Waals surface area contributed by atoms with E-state index in [1.54, 1.807) is 21.3 Å². The van der Waals surface area contributed by atoms with Crippen LogP contribution in [0, 0.1) is 0 Å². The lowest BCUT2D eigenvalue weighted by molar-refractivity contribution is 0.195. The molecule has 5 rings (SSSR count). The number of nitrogens with one attached hydrogen (secondary N) is 1. The van der Waals surface area contributed by atoms with Crippen LogP contribution in [-0.4, -0.2) is 58.0 Å². The summed E-state index contributed by atoms with van der Waals surface area (Å²) in [4.78, 5) is 19.2. The first-order valence-electron chi connectivity index (χ1n) is 14.2. The summed E-state index contributed by atoms with van der Waals surface area (Å²) in [5.74, 6) is 2.61. The summed E-state index contributed by atoms with van der Waals surface area (Å²) in [5, 5.41) is 13.9. The third-order valence-electron chi connectivity index (χ3n) is 7.48. The van der Waals surface area contributed by atoms with Gasteiger partial charge in [-0.15, -0.1) is 5.10 Å². The molecule has 5 aromatic rings. The van der Waals surface area contributed by atoms with Crippen LogP contribution in [0.25, 0.3) is 10.9 Å². The molecule has 0 amide bonds. The van der Waals surface area contributed by atoms with Crippen molar-refractivity contribution in [2.45, 2.75) is 45.3 Å². The van der Waals surface area contributed by atoms with Crippen molar-refractivity contribution in [3.63, 3.8) is 0 Å². The van der Waals surface area contributed by atoms with E-state index in [1.165, 1.54) is 0 Å². The Morgan fingerprint density at radius 3 is 2.35 bits per heavy atom. The third kappa shape index (κ3) is 6.54. The Kier molecular flexibility index (Phi) is 8.77. The molecule has 10 nitrogen and oxygen atoms in total. The van der Waals surface area contributed by atoms with Crippen LogP contribution < -0.4 is 19.8 Å². The van der Waals surface area contributed by atoms with Gasteiger partial charge in [0.15, 0.2) is 17.3 Å². The Hall–Kier alpha value is -4.70. The molecule has 0 spiro atoms. The average molecular weight is 583 g/mol. The number of tetrazole rings is 1. The van der Waals surface area contributed by atoms with Crippen LogP contribution in [0.3, 0.4) is 0 Å². The topological polar surface area (TPSA) is 107 Å². The highest BCUT2D eigenvalue weighted by molar-refractivity contribution is 5.80. The van der Waals surface area contributed by atoms with Crippen molar-refractivity contribution in [2.75, 3.05) is 27.9 Å². The number of benzene rings is 3. The van der Waals surface area contributed by atoms with Crippen LogP contribution in [0.15, 0.2) is 77.6 Å². The minimum absolute atomic E-state index is 0.210. The second kappa shape index (κ2) is 12.7. The zero-order valence-corrected chi connectivity index (χ0v) is 25.5. The molecule has 10 heteroatoms. The maximum absolute atomic E-state index is 13.9. The number of aromatic nitrogens is 5. The van der Waals surface area contributed by atoms with Gasteiger partial charge in [0.25, 0.3) is 5.56 Å². The smallest absolute Gasteiger partial charge is 0.253 e. The van der Waals surface area contributed by atoms with Gasteiger partial charge in [-0.2, -0.15) is 0 Å². The van der Waals surface area contributed by atoms with Crippen LogP contribution in [0.2, 0.25) is 0 Å². The van der Waals surface area contributed by atoms with Gasteiger partial charge in [0.05, 0.1) is 32.4 Å². The highest BCUT2D eigenvalue weighted by Gasteiger charge is 2.33. The van der Waals surface area contributed by atoms with Crippen LogP contribution in [0.4, 0.5) is 0 Å². The zero-order chi connectivity index (χ0) is 30.6. The molecule has 0 bridgehead atoms. The van der Waals surface area contributed by atoms with Crippen molar-refractivity contribution in [1.29, 1.82) is 0 Å². The maximum atomic E-state index is 13.9. The first-order valence-corrected chi connectivity index (χ1v) is 14.2. The van der Waals surface area contributed by atoms with Gasteiger partial charge >= 0.3 is 0 Å². The van der Waals surface area contributed by atoms with Gasteiger partial charge in [-0.3, -0.25) is 9.69 Å². The van der Waals surface area contributed by atoms with E-state index in [0.29, 0.717) is 53.7 Å². The fourth-order valence-corrected chi connectivity index (χ4v) is 5.29. The molecule has 0 aliphatic heterocycles. The summed E-state index contributed by atoms with van der Waals surface area (Å²) in [6, 6.07) is 23.2. The molecule has 0 saturated heterocycles. The number of fused-ring (bicyclic) bond motifs is 1. The van der Waals surface area contributed by atoms with Gasteiger partial charge in [-0.1, -0.05) is 36.4 Å². The van der Waals surface area contributed by atoms with Crippen LogP contribution in [0.1, 0.15) is 49.3 Å². The Morgan fingerprint density at radius 2 is 1.65 bits per heavy atom. The molecular formula is C33H38N6O4. The van der Waals surface area contributed by atoms with Crippen LogP contribution in [0.5, 0.6) is 17.2 Å². The number of pyridine rings is 1. The number of hydrogen-bond acceptors (Lipinski definition) is 8. The molecule has 1 N–H and O–H groups in total. The largest absolute Gasteiger partial charge is 0.497 e. The Labute approximate surface area is 251 Å². The highest BCUT2D eigenvalue weighted by Crippen LogP contribution is 2.32. The molecule has 224 valence electrons. The fraction of sp³-hybridized carbons (Fsp3) is 0.333. The van der Waals surface area contributed by atoms with E-state index in [1.807, 2.05) is 86.1 Å². The first-order chi connectivity index (χ1) is 20.7. The van der Waals surface area contributed by atoms with Crippen LogP contribution in [-0.2, 0) is 18.5 Å². The molecule has 3 aromatic carbocycles. The summed E-state index contributed by atoms with van der Waals surface area (Å²) < 4.78 is 18.2.